The van der Waals surface area contributed by atoms with Gasteiger partial charge in [0.25, 0.3) is 0 Å². The smallest absolute Gasteiger partial charge is 0.328 e. The number of carbonyl (C=O) groups is 1. The van der Waals surface area contributed by atoms with Crippen molar-refractivity contribution in [1.82, 2.24) is 4.98 Å². The van der Waals surface area contributed by atoms with E-state index in [0.717, 1.165) is 11.1 Å². The monoisotopic (exact) mass is 177 g/mol. The molecule has 0 aromatic carbocycles. The molecule has 0 saturated heterocycles. The minimum atomic E-state index is -0.916. The Bertz CT molecular complexity index is 317. The van der Waals surface area contributed by atoms with Gasteiger partial charge in [0.2, 0.25) is 0 Å². The molecule has 1 aromatic heterocycles. The van der Waals surface area contributed by atoms with Crippen molar-refractivity contribution in [1.29, 1.82) is 0 Å². The second-order valence-electron chi connectivity index (χ2n) is 2.60. The van der Waals surface area contributed by atoms with Crippen LogP contribution < -0.4 is 0 Å². The molecule has 3 nitrogen and oxygen atoms in total. The van der Waals surface area contributed by atoms with E-state index in [9.17, 15) is 4.79 Å². The zero-order chi connectivity index (χ0) is 9.68. The first-order chi connectivity index (χ1) is 6.24. The number of allylic oxidation sites excluding steroid dienone is 1. The van der Waals surface area contributed by atoms with Crippen LogP contribution in [0.3, 0.4) is 0 Å². The predicted octanol–water partition coefficient (Wildman–Crippen LogP) is 1.96. The van der Waals surface area contributed by atoms with Crippen LogP contribution in [0.2, 0.25) is 0 Å². The van der Waals surface area contributed by atoms with E-state index in [4.69, 9.17) is 5.11 Å². The Balaban J connectivity index is 2.98. The van der Waals surface area contributed by atoms with Gasteiger partial charge in [-0.2, -0.15) is 0 Å². The molecule has 1 heterocycles. The fraction of sp³-hybridized carbons (Fsp3) is 0.200. The van der Waals surface area contributed by atoms with Crippen LogP contribution in [-0.2, 0) is 4.79 Å². The lowest BCUT2D eigenvalue weighted by Gasteiger charge is -2.01. The molecule has 0 radical (unpaired) electrons. The highest BCUT2D eigenvalue weighted by atomic mass is 16.4. The Morgan fingerprint density at radius 3 is 2.92 bits per heavy atom. The van der Waals surface area contributed by atoms with Crippen LogP contribution in [-0.4, -0.2) is 16.1 Å². The summed E-state index contributed by atoms with van der Waals surface area (Å²) < 4.78 is 0. The van der Waals surface area contributed by atoms with Gasteiger partial charge in [0.1, 0.15) is 0 Å². The maximum absolute atomic E-state index is 10.4. The number of rotatable bonds is 3. The van der Waals surface area contributed by atoms with E-state index in [2.05, 4.69) is 4.98 Å². The summed E-state index contributed by atoms with van der Waals surface area (Å²) in [6.07, 6.45) is 5.24. The highest BCUT2D eigenvalue weighted by Gasteiger charge is 2.00. The Labute approximate surface area is 76.7 Å². The highest BCUT2D eigenvalue weighted by Crippen LogP contribution is 2.15. The van der Waals surface area contributed by atoms with Gasteiger partial charge in [-0.3, -0.25) is 4.98 Å². The van der Waals surface area contributed by atoms with Crippen LogP contribution in [0, 0.1) is 0 Å². The molecule has 0 aliphatic rings. The molecule has 0 bridgehead atoms. The first kappa shape index (κ1) is 9.45. The van der Waals surface area contributed by atoms with E-state index in [1.807, 2.05) is 13.0 Å². The van der Waals surface area contributed by atoms with Crippen molar-refractivity contribution in [3.63, 3.8) is 0 Å². The van der Waals surface area contributed by atoms with E-state index in [1.54, 1.807) is 18.5 Å². The molecular weight excluding hydrogens is 166 g/mol. The number of carboxylic acids is 1. The minimum Gasteiger partial charge on any atom is -0.478 e. The van der Waals surface area contributed by atoms with Gasteiger partial charge < -0.3 is 5.11 Å². The van der Waals surface area contributed by atoms with Gasteiger partial charge in [-0.25, -0.2) is 4.79 Å². The quantitative estimate of drug-likeness (QED) is 0.718. The third kappa shape index (κ3) is 2.71. The van der Waals surface area contributed by atoms with E-state index < -0.39 is 5.97 Å². The maximum atomic E-state index is 10.4. The summed E-state index contributed by atoms with van der Waals surface area (Å²) in [6.45, 7) is 1.92. The predicted molar refractivity (Wildman–Crippen MR) is 50.1 cm³/mol. The van der Waals surface area contributed by atoms with Crippen molar-refractivity contribution in [3.05, 3.63) is 36.2 Å². The summed E-state index contributed by atoms with van der Waals surface area (Å²) in [6, 6.07) is 3.64. The van der Waals surface area contributed by atoms with Gasteiger partial charge in [0, 0.05) is 18.5 Å². The maximum Gasteiger partial charge on any atom is 0.328 e. The van der Waals surface area contributed by atoms with Crippen LogP contribution in [0.1, 0.15) is 18.9 Å². The first-order valence-electron chi connectivity index (χ1n) is 4.08. The van der Waals surface area contributed by atoms with E-state index in [-0.39, 0.29) is 0 Å². The summed E-state index contributed by atoms with van der Waals surface area (Å²) in [7, 11) is 0. The lowest BCUT2D eigenvalue weighted by Crippen LogP contribution is -1.92. The van der Waals surface area contributed by atoms with Gasteiger partial charge in [-0.1, -0.05) is 13.0 Å². The lowest BCUT2D eigenvalue weighted by atomic mass is 10.1. The Morgan fingerprint density at radius 1 is 1.69 bits per heavy atom. The van der Waals surface area contributed by atoms with Crippen molar-refractivity contribution in [3.8, 4) is 0 Å². The molecule has 0 atom stereocenters. The van der Waals surface area contributed by atoms with Gasteiger partial charge in [0.05, 0.1) is 0 Å². The van der Waals surface area contributed by atoms with Crippen LogP contribution in [0.15, 0.2) is 30.6 Å². The average molecular weight is 177 g/mol. The first-order valence-corrected chi connectivity index (χ1v) is 4.08. The Kier molecular flexibility index (Phi) is 3.20. The largest absolute Gasteiger partial charge is 0.478 e. The number of carboxylic acid groups (broad SMARTS) is 1. The van der Waals surface area contributed by atoms with Gasteiger partial charge in [-0.05, 0) is 23.6 Å². The standard InChI is InChI=1S/C10H11NO2/c1-2-8(6-10(12)13)9-4-3-5-11-7-9/h3-7H,2H2,1H3,(H,12,13)/b8-6-. The summed E-state index contributed by atoms with van der Waals surface area (Å²) in [4.78, 5) is 14.4. The normalized spacial score (nSPS) is 11.3. The number of hydrogen-bond acceptors (Lipinski definition) is 2. The SMILES string of the molecule is CC/C(=C/C(=O)O)c1cccnc1. The van der Waals surface area contributed by atoms with E-state index in [0.29, 0.717) is 6.42 Å². The number of hydrogen-bond donors (Lipinski definition) is 1. The van der Waals surface area contributed by atoms with E-state index >= 15 is 0 Å². The summed E-state index contributed by atoms with van der Waals surface area (Å²) >= 11 is 0. The number of nitrogens with zero attached hydrogens (tertiary/aromatic N) is 1. The molecule has 68 valence electrons. The van der Waals surface area contributed by atoms with Crippen molar-refractivity contribution >= 4 is 11.5 Å². The van der Waals surface area contributed by atoms with Crippen LogP contribution >= 0.6 is 0 Å². The third-order valence-electron chi connectivity index (χ3n) is 1.71. The van der Waals surface area contributed by atoms with Gasteiger partial charge in [-0.15, -0.1) is 0 Å². The lowest BCUT2D eigenvalue weighted by molar-refractivity contribution is -0.131. The van der Waals surface area contributed by atoms with Gasteiger partial charge >= 0.3 is 5.97 Å². The molecule has 13 heavy (non-hydrogen) atoms. The topological polar surface area (TPSA) is 50.2 Å². The van der Waals surface area contributed by atoms with Crippen molar-refractivity contribution in [2.75, 3.05) is 0 Å². The molecule has 3 heteroatoms. The average Bonchev–Trinajstić information content (AvgIpc) is 2.15. The number of pyridine rings is 1. The molecule has 0 fully saturated rings. The fourth-order valence-electron chi connectivity index (χ4n) is 1.09. The Hall–Kier alpha value is -1.64. The molecule has 0 saturated carbocycles. The molecule has 1 rings (SSSR count). The molecule has 0 unspecified atom stereocenters. The zero-order valence-corrected chi connectivity index (χ0v) is 7.40. The fourth-order valence-corrected chi connectivity index (χ4v) is 1.09. The van der Waals surface area contributed by atoms with E-state index in [1.165, 1.54) is 6.08 Å². The summed E-state index contributed by atoms with van der Waals surface area (Å²) in [5.74, 6) is -0.916. The van der Waals surface area contributed by atoms with Gasteiger partial charge in [0.15, 0.2) is 0 Å². The van der Waals surface area contributed by atoms with Crippen LogP contribution in [0.25, 0.3) is 5.57 Å². The molecule has 0 aliphatic carbocycles. The highest BCUT2D eigenvalue weighted by molar-refractivity contribution is 5.89. The second-order valence-corrected chi connectivity index (χ2v) is 2.60. The Morgan fingerprint density at radius 2 is 2.46 bits per heavy atom. The number of aliphatic carboxylic acids is 1. The number of aromatic nitrogens is 1. The molecule has 1 N–H and O–H groups in total. The van der Waals surface area contributed by atoms with Crippen molar-refractivity contribution in [2.24, 2.45) is 0 Å². The van der Waals surface area contributed by atoms with Crippen molar-refractivity contribution < 1.29 is 9.90 Å². The molecule has 0 spiro atoms. The van der Waals surface area contributed by atoms with Crippen LogP contribution in [0.5, 0.6) is 0 Å². The zero-order valence-electron chi connectivity index (χ0n) is 7.40. The molecule has 1 aromatic rings. The second kappa shape index (κ2) is 4.40. The summed E-state index contributed by atoms with van der Waals surface area (Å²) in [5, 5.41) is 8.58. The summed E-state index contributed by atoms with van der Waals surface area (Å²) in [5.41, 5.74) is 1.66. The molecule has 0 amide bonds. The third-order valence-corrected chi connectivity index (χ3v) is 1.71. The van der Waals surface area contributed by atoms with Crippen LogP contribution in [0.4, 0.5) is 0 Å². The minimum absolute atomic E-state index is 0.692. The molecular formula is C10H11NO2. The van der Waals surface area contributed by atoms with Crippen molar-refractivity contribution in [2.45, 2.75) is 13.3 Å². The molecule has 0 aliphatic heterocycles.